The van der Waals surface area contributed by atoms with Gasteiger partial charge in [-0.25, -0.2) is 0 Å². The number of rotatable bonds is 15. The molecule has 9 rings (SSSR count). The molecule has 0 radical (unpaired) electrons. The number of fused-ring (bicyclic) bond motifs is 3. The van der Waals surface area contributed by atoms with Crippen molar-refractivity contribution in [3.63, 3.8) is 0 Å². The fourth-order valence-electron chi connectivity index (χ4n) is 8.38. The van der Waals surface area contributed by atoms with Gasteiger partial charge in [-0.15, -0.1) is 0 Å². The molecule has 314 valence electrons. The minimum atomic E-state index is 0. The van der Waals surface area contributed by atoms with Crippen LogP contribution in [-0.4, -0.2) is 33.0 Å². The van der Waals surface area contributed by atoms with E-state index in [-0.39, 0.29) is 68.9 Å². The number of nitrogens with zero attached hydrogens (tertiary/aromatic N) is 3. The van der Waals surface area contributed by atoms with Gasteiger partial charge in [0, 0.05) is 55.9 Å². The van der Waals surface area contributed by atoms with Crippen molar-refractivity contribution >= 4 is 55.9 Å². The SMILES string of the molecule is C[CH-]CCn1c2cc(-c3ccc(N(c4ccc(OC)cc4)c4ccc(OC)cc4)cc3)ccc2c2ccc(-c3ccc(N(c4ccc(OC)cc4)c4ccc(OC)cc4)cc3)cc21.[Cs+]. The summed E-state index contributed by atoms with van der Waals surface area (Å²) in [6.07, 6.45) is 3.22. The maximum absolute atomic E-state index is 5.46. The van der Waals surface area contributed by atoms with E-state index in [1.54, 1.807) is 28.4 Å². The fraction of sp³-hybridized carbons (Fsp3) is 0.125. The van der Waals surface area contributed by atoms with Gasteiger partial charge in [0.25, 0.3) is 0 Å². The zero-order chi connectivity index (χ0) is 43.3. The molecule has 0 aliphatic heterocycles. The van der Waals surface area contributed by atoms with Gasteiger partial charge in [0.15, 0.2) is 0 Å². The number of methoxy groups -OCH3 is 4. The summed E-state index contributed by atoms with van der Waals surface area (Å²) in [7, 11) is 6.76. The van der Waals surface area contributed by atoms with E-state index in [0.29, 0.717) is 0 Å². The molecule has 9 aromatic rings. The van der Waals surface area contributed by atoms with Crippen molar-refractivity contribution in [2.24, 2.45) is 0 Å². The molecule has 7 nitrogen and oxygen atoms in total. The van der Waals surface area contributed by atoms with Gasteiger partial charge in [-0.05, 0) is 162 Å². The predicted molar refractivity (Wildman–Crippen MR) is 260 cm³/mol. The Bertz CT molecular complexity index is 2650. The van der Waals surface area contributed by atoms with Gasteiger partial charge in [-0.1, -0.05) is 48.5 Å². The van der Waals surface area contributed by atoms with Crippen molar-refractivity contribution in [3.05, 3.63) is 188 Å². The molecule has 0 N–H and O–H groups in total. The van der Waals surface area contributed by atoms with Crippen molar-refractivity contribution in [2.45, 2.75) is 19.9 Å². The zero-order valence-corrected chi connectivity index (χ0v) is 43.6. The van der Waals surface area contributed by atoms with Crippen LogP contribution in [0.15, 0.2) is 182 Å². The summed E-state index contributed by atoms with van der Waals surface area (Å²) in [6.45, 7) is 3.02. The van der Waals surface area contributed by atoms with Crippen LogP contribution in [0.2, 0.25) is 0 Å². The number of aryl methyl sites for hydroxylation is 1. The quantitative estimate of drug-likeness (QED) is 0.0954. The number of hydrogen-bond donors (Lipinski definition) is 0. The van der Waals surface area contributed by atoms with Crippen LogP contribution < -0.4 is 97.6 Å². The van der Waals surface area contributed by atoms with E-state index < -0.39 is 0 Å². The van der Waals surface area contributed by atoms with Crippen molar-refractivity contribution in [1.29, 1.82) is 0 Å². The summed E-state index contributed by atoms with van der Waals surface area (Å²) in [4.78, 5) is 4.49. The monoisotopic (exact) mass is 961 g/mol. The van der Waals surface area contributed by atoms with Crippen molar-refractivity contribution in [1.82, 2.24) is 4.57 Å². The van der Waals surface area contributed by atoms with Gasteiger partial charge in [-0.3, -0.25) is 0 Å². The molecule has 0 bridgehead atoms. The number of ether oxygens (including phenoxy) is 4. The van der Waals surface area contributed by atoms with Crippen LogP contribution in [0.3, 0.4) is 0 Å². The average Bonchev–Trinajstić information content (AvgIpc) is 3.66. The van der Waals surface area contributed by atoms with Crippen LogP contribution >= 0.6 is 0 Å². The first kappa shape index (κ1) is 45.0. The first-order chi connectivity index (χ1) is 31.0. The number of benzene rings is 8. The molecule has 8 aromatic carbocycles. The summed E-state index contributed by atoms with van der Waals surface area (Å²) in [6, 6.07) is 64.0. The Balaban J connectivity index is 0.00000560. The molecular formula is C56H50CsN3O4. The second-order valence-electron chi connectivity index (χ2n) is 15.4. The van der Waals surface area contributed by atoms with Crippen LogP contribution in [0.25, 0.3) is 44.1 Å². The average molecular weight is 962 g/mol. The second-order valence-corrected chi connectivity index (χ2v) is 15.4. The summed E-state index contributed by atoms with van der Waals surface area (Å²) in [5, 5.41) is 2.51. The Labute approximate surface area is 435 Å². The molecule has 0 aliphatic rings. The third-order valence-electron chi connectivity index (χ3n) is 11.7. The van der Waals surface area contributed by atoms with E-state index in [9.17, 15) is 0 Å². The van der Waals surface area contributed by atoms with Crippen LogP contribution in [0.1, 0.15) is 13.3 Å². The summed E-state index contributed by atoms with van der Waals surface area (Å²) >= 11 is 0. The normalized spacial score (nSPS) is 11.0. The van der Waals surface area contributed by atoms with E-state index in [0.717, 1.165) is 81.2 Å². The third-order valence-corrected chi connectivity index (χ3v) is 11.7. The predicted octanol–water partition coefficient (Wildman–Crippen LogP) is 11.7. The smallest absolute Gasteiger partial charge is 0.497 e. The molecule has 0 spiro atoms. The molecule has 0 atom stereocenters. The van der Waals surface area contributed by atoms with E-state index in [1.807, 2.05) is 48.5 Å². The van der Waals surface area contributed by atoms with Crippen LogP contribution in [-0.2, 0) is 6.54 Å². The molecule has 1 heterocycles. The van der Waals surface area contributed by atoms with Crippen LogP contribution in [0.5, 0.6) is 23.0 Å². The number of hydrogen-bond acceptors (Lipinski definition) is 6. The second kappa shape index (κ2) is 20.5. The Hall–Kier alpha value is -5.59. The van der Waals surface area contributed by atoms with Crippen molar-refractivity contribution in [2.75, 3.05) is 38.2 Å². The van der Waals surface area contributed by atoms with Gasteiger partial charge >= 0.3 is 68.9 Å². The Kier molecular flexibility index (Phi) is 14.4. The summed E-state index contributed by atoms with van der Waals surface area (Å²) in [5.74, 6) is 3.27. The summed E-state index contributed by atoms with van der Waals surface area (Å²) < 4.78 is 24.3. The zero-order valence-electron chi connectivity index (χ0n) is 37.3. The van der Waals surface area contributed by atoms with Crippen molar-refractivity contribution < 1.29 is 87.8 Å². The Morgan fingerprint density at radius 1 is 0.375 bits per heavy atom. The molecule has 0 aliphatic carbocycles. The number of unbranched alkanes of at least 4 members (excludes halogenated alkanes) is 1. The summed E-state index contributed by atoms with van der Waals surface area (Å²) in [5.41, 5.74) is 13.4. The molecule has 0 unspecified atom stereocenters. The maximum atomic E-state index is 5.46. The van der Waals surface area contributed by atoms with Gasteiger partial charge in [0.05, 0.1) is 28.4 Å². The third kappa shape index (κ3) is 9.31. The fourth-order valence-corrected chi connectivity index (χ4v) is 8.38. The standard InChI is InChI=1S/C56H50N3O4.Cs/c1-6-7-36-57-55-37-41(39-8-14-43(15-9-39)58(45-18-26-49(60-2)27-19-45)46-20-28-50(61-3)29-21-46)12-34-53(55)54-35-13-42(38-56(54)57)40-10-16-44(17-11-40)59(47-22-30-51(62-4)31-23-47)48-24-32-52(63-5)33-25-48;/h6,8-35,37-38H,7,36H2,1-5H3;/q-1;+1. The van der Waals surface area contributed by atoms with Gasteiger partial charge in [0.2, 0.25) is 0 Å². The van der Waals surface area contributed by atoms with E-state index in [2.05, 4.69) is 161 Å². The molecule has 1 aromatic heterocycles. The van der Waals surface area contributed by atoms with Gasteiger partial charge in [-0.2, -0.15) is 13.3 Å². The van der Waals surface area contributed by atoms with E-state index >= 15 is 0 Å². The van der Waals surface area contributed by atoms with Crippen molar-refractivity contribution in [3.8, 4) is 45.3 Å². The first-order valence-corrected chi connectivity index (χ1v) is 21.2. The molecule has 0 saturated heterocycles. The minimum absolute atomic E-state index is 0. The molecule has 64 heavy (non-hydrogen) atoms. The Morgan fingerprint density at radius 3 is 0.906 bits per heavy atom. The Morgan fingerprint density at radius 2 is 0.641 bits per heavy atom. The minimum Gasteiger partial charge on any atom is -0.497 e. The largest absolute Gasteiger partial charge is 1.00 e. The van der Waals surface area contributed by atoms with E-state index in [1.165, 1.54) is 32.9 Å². The first-order valence-electron chi connectivity index (χ1n) is 21.2. The maximum Gasteiger partial charge on any atom is 1.00 e. The molecule has 0 amide bonds. The molecular weight excluding hydrogens is 912 g/mol. The van der Waals surface area contributed by atoms with Gasteiger partial charge in [0.1, 0.15) is 23.0 Å². The van der Waals surface area contributed by atoms with E-state index in [4.69, 9.17) is 18.9 Å². The van der Waals surface area contributed by atoms with Gasteiger partial charge < -0.3 is 39.7 Å². The van der Waals surface area contributed by atoms with Crippen LogP contribution in [0, 0.1) is 6.42 Å². The molecule has 0 fully saturated rings. The number of aromatic nitrogens is 1. The molecule has 8 heteroatoms. The molecule has 0 saturated carbocycles. The van der Waals surface area contributed by atoms with Crippen LogP contribution in [0.4, 0.5) is 34.1 Å². The topological polar surface area (TPSA) is 48.3 Å². The number of anilines is 6.